The molecule has 0 fully saturated rings. The number of rotatable bonds is 13. The Morgan fingerprint density at radius 1 is 1.29 bits per heavy atom. The third kappa shape index (κ3) is 11.0. The molecule has 0 amide bonds. The smallest absolute Gasteiger partial charge is 0.166 e. The molecular formula is C28H41FN6. The fourth-order valence-electron chi connectivity index (χ4n) is 3.45. The van der Waals surface area contributed by atoms with E-state index in [0.717, 1.165) is 41.8 Å². The highest BCUT2D eigenvalue weighted by Gasteiger charge is 2.15. The molecule has 3 N–H and O–H groups in total. The van der Waals surface area contributed by atoms with Crippen molar-refractivity contribution in [3.63, 3.8) is 0 Å². The van der Waals surface area contributed by atoms with Crippen molar-refractivity contribution in [2.75, 3.05) is 24.2 Å². The molecule has 6 nitrogen and oxygen atoms in total. The third-order valence-corrected chi connectivity index (χ3v) is 4.93. The fourth-order valence-corrected chi connectivity index (χ4v) is 3.45. The molecule has 0 saturated heterocycles. The SMILES string of the molecule is C=C(CC(C)(C)C)N[C@@H](C)CNc1nc(N/C(C)=C/C=C(/CCC)C(=C)/C=N\C)c(C#N)cc1F. The first-order valence-corrected chi connectivity index (χ1v) is 11.9. The molecule has 190 valence electrons. The maximum absolute atomic E-state index is 14.6. The van der Waals surface area contributed by atoms with Gasteiger partial charge in [-0.05, 0) is 55.4 Å². The number of nitrogens with zero attached hydrogens (tertiary/aromatic N) is 3. The van der Waals surface area contributed by atoms with Crippen LogP contribution < -0.4 is 16.0 Å². The molecule has 0 bridgehead atoms. The summed E-state index contributed by atoms with van der Waals surface area (Å²) in [6, 6.07) is 3.22. The summed E-state index contributed by atoms with van der Waals surface area (Å²) in [6.45, 7) is 21.0. The second-order valence-corrected chi connectivity index (χ2v) is 9.92. The Morgan fingerprint density at radius 3 is 2.54 bits per heavy atom. The highest BCUT2D eigenvalue weighted by atomic mass is 19.1. The van der Waals surface area contributed by atoms with E-state index < -0.39 is 5.82 Å². The summed E-state index contributed by atoms with van der Waals surface area (Å²) in [5.41, 5.74) is 3.89. The van der Waals surface area contributed by atoms with E-state index >= 15 is 0 Å². The fraction of sp³-hybridized carbons (Fsp3) is 0.464. The highest BCUT2D eigenvalue weighted by Crippen LogP contribution is 2.23. The highest BCUT2D eigenvalue weighted by molar-refractivity contribution is 5.83. The van der Waals surface area contributed by atoms with Gasteiger partial charge < -0.3 is 16.0 Å². The minimum Gasteiger partial charge on any atom is -0.385 e. The molecule has 1 atom stereocenters. The summed E-state index contributed by atoms with van der Waals surface area (Å²) in [6.07, 6.45) is 8.29. The third-order valence-electron chi connectivity index (χ3n) is 4.93. The van der Waals surface area contributed by atoms with Gasteiger partial charge in [0.2, 0.25) is 0 Å². The number of hydrogen-bond acceptors (Lipinski definition) is 6. The van der Waals surface area contributed by atoms with Crippen molar-refractivity contribution in [2.24, 2.45) is 10.4 Å². The van der Waals surface area contributed by atoms with Crippen LogP contribution in [0.15, 0.2) is 58.9 Å². The molecule has 0 aliphatic rings. The van der Waals surface area contributed by atoms with Crippen molar-refractivity contribution in [3.05, 3.63) is 65.3 Å². The molecule has 35 heavy (non-hydrogen) atoms. The first-order valence-electron chi connectivity index (χ1n) is 11.9. The molecule has 0 aliphatic carbocycles. The normalized spacial score (nSPS) is 13.3. The van der Waals surface area contributed by atoms with Gasteiger partial charge in [0.05, 0.1) is 5.56 Å². The molecule has 0 unspecified atom stereocenters. The largest absolute Gasteiger partial charge is 0.385 e. The molecular weight excluding hydrogens is 439 g/mol. The van der Waals surface area contributed by atoms with Gasteiger partial charge in [-0.15, -0.1) is 0 Å². The minimum absolute atomic E-state index is 0.0154. The Hall–Kier alpha value is -3.40. The zero-order valence-electron chi connectivity index (χ0n) is 22.3. The quantitative estimate of drug-likeness (QED) is 0.215. The average Bonchev–Trinajstić information content (AvgIpc) is 2.75. The number of allylic oxidation sites excluding steroid dienone is 6. The zero-order chi connectivity index (χ0) is 26.6. The summed E-state index contributed by atoms with van der Waals surface area (Å²) >= 11 is 0. The van der Waals surface area contributed by atoms with Crippen LogP contribution in [0.3, 0.4) is 0 Å². The summed E-state index contributed by atoms with van der Waals surface area (Å²) < 4.78 is 14.6. The van der Waals surface area contributed by atoms with Crippen molar-refractivity contribution in [1.82, 2.24) is 10.3 Å². The Bertz CT molecular complexity index is 1020. The number of pyridine rings is 1. The maximum atomic E-state index is 14.6. The van der Waals surface area contributed by atoms with E-state index in [9.17, 15) is 9.65 Å². The summed E-state index contributed by atoms with van der Waals surface area (Å²) in [5, 5.41) is 19.0. The molecule has 1 rings (SSSR count). The van der Waals surface area contributed by atoms with Crippen LogP contribution in [0.25, 0.3) is 0 Å². The molecule has 1 aromatic rings. The molecule has 0 aromatic carbocycles. The van der Waals surface area contributed by atoms with Gasteiger partial charge in [-0.2, -0.15) is 5.26 Å². The molecule has 1 aromatic heterocycles. The van der Waals surface area contributed by atoms with E-state index in [0.29, 0.717) is 12.4 Å². The van der Waals surface area contributed by atoms with Gasteiger partial charge >= 0.3 is 0 Å². The van der Waals surface area contributed by atoms with Crippen LogP contribution in [-0.4, -0.2) is 30.8 Å². The van der Waals surface area contributed by atoms with Crippen LogP contribution in [-0.2, 0) is 0 Å². The number of aliphatic imine (C=N–C) groups is 1. The van der Waals surface area contributed by atoms with Crippen molar-refractivity contribution in [1.29, 1.82) is 5.26 Å². The molecule has 0 saturated carbocycles. The van der Waals surface area contributed by atoms with E-state index in [4.69, 9.17) is 0 Å². The predicted octanol–water partition coefficient (Wildman–Crippen LogP) is 6.73. The van der Waals surface area contributed by atoms with Crippen LogP contribution in [0.2, 0.25) is 0 Å². The van der Waals surface area contributed by atoms with E-state index in [-0.39, 0.29) is 22.8 Å². The lowest BCUT2D eigenvalue weighted by atomic mass is 9.91. The van der Waals surface area contributed by atoms with Gasteiger partial charge in [0.25, 0.3) is 0 Å². The van der Waals surface area contributed by atoms with Crippen LogP contribution in [0.4, 0.5) is 16.0 Å². The van der Waals surface area contributed by atoms with E-state index in [2.05, 4.69) is 66.8 Å². The van der Waals surface area contributed by atoms with Gasteiger partial charge in [-0.3, -0.25) is 4.99 Å². The van der Waals surface area contributed by atoms with Crippen LogP contribution in [0.5, 0.6) is 0 Å². The van der Waals surface area contributed by atoms with Gasteiger partial charge in [-0.1, -0.05) is 53.3 Å². The van der Waals surface area contributed by atoms with Gasteiger partial charge in [-0.25, -0.2) is 9.37 Å². The lowest BCUT2D eigenvalue weighted by Gasteiger charge is -2.24. The number of hydrogen-bond donors (Lipinski definition) is 3. The van der Waals surface area contributed by atoms with Gasteiger partial charge in [0, 0.05) is 37.2 Å². The summed E-state index contributed by atoms with van der Waals surface area (Å²) in [7, 11) is 1.71. The number of aromatic nitrogens is 1. The molecule has 7 heteroatoms. The Labute approximate surface area is 210 Å². The lowest BCUT2D eigenvalue weighted by Crippen LogP contribution is -2.33. The first-order chi connectivity index (χ1) is 16.4. The van der Waals surface area contributed by atoms with Crippen molar-refractivity contribution in [2.45, 2.75) is 66.8 Å². The van der Waals surface area contributed by atoms with Crippen molar-refractivity contribution >= 4 is 17.9 Å². The standard InChI is InChI=1S/C28H41FN6/c1-10-11-23(19(2)17-31-9)13-12-20(3)34-26-24(16-30)14-25(29)27(35-26)32-18-22(5)33-21(4)15-28(6,7)8/h12-14,17,22,33H,2,4,10-11,15,18H2,1,3,5-9H3,(H2,32,34,35)/b20-12+,23-13-,31-17-/t22-/m0/s1. The molecule has 1 heterocycles. The number of halogens is 1. The Balaban J connectivity index is 3.00. The molecule has 0 radical (unpaired) electrons. The summed E-state index contributed by atoms with van der Waals surface area (Å²) in [4.78, 5) is 8.39. The van der Waals surface area contributed by atoms with Crippen LogP contribution in [0, 0.1) is 22.6 Å². The van der Waals surface area contributed by atoms with Crippen molar-refractivity contribution in [3.8, 4) is 6.07 Å². The van der Waals surface area contributed by atoms with Crippen molar-refractivity contribution < 1.29 is 4.39 Å². The molecule has 0 aliphatic heterocycles. The lowest BCUT2D eigenvalue weighted by molar-refractivity contribution is 0.393. The first kappa shape index (κ1) is 29.6. The van der Waals surface area contributed by atoms with E-state index in [1.807, 2.05) is 32.1 Å². The topological polar surface area (TPSA) is 85.1 Å². The van der Waals surface area contributed by atoms with E-state index in [1.165, 1.54) is 6.07 Å². The predicted molar refractivity (Wildman–Crippen MR) is 147 cm³/mol. The second-order valence-electron chi connectivity index (χ2n) is 9.92. The molecule has 0 spiro atoms. The maximum Gasteiger partial charge on any atom is 0.166 e. The zero-order valence-corrected chi connectivity index (χ0v) is 22.3. The monoisotopic (exact) mass is 480 g/mol. The van der Waals surface area contributed by atoms with Crippen LogP contribution in [0.1, 0.15) is 66.4 Å². The minimum atomic E-state index is -0.574. The number of nitriles is 1. The summed E-state index contributed by atoms with van der Waals surface area (Å²) in [5.74, 6) is -0.193. The number of anilines is 2. The van der Waals surface area contributed by atoms with Gasteiger partial charge in [0.15, 0.2) is 17.5 Å². The Morgan fingerprint density at radius 2 is 1.97 bits per heavy atom. The second kappa shape index (κ2) is 14.1. The Kier molecular flexibility index (Phi) is 11.9. The number of nitrogens with one attached hydrogen (secondary N) is 3. The van der Waals surface area contributed by atoms with Gasteiger partial charge in [0.1, 0.15) is 6.07 Å². The average molecular weight is 481 g/mol. The van der Waals surface area contributed by atoms with E-state index in [1.54, 1.807) is 13.3 Å². The van der Waals surface area contributed by atoms with Crippen LogP contribution >= 0.6 is 0 Å².